The molecule has 0 spiro atoms. The molecule has 10 aromatic carbocycles. The van der Waals surface area contributed by atoms with Gasteiger partial charge in [-0.15, -0.1) is 0 Å². The number of hydrogen-bond acceptors (Lipinski definition) is 1. The maximum Gasteiger partial charge on any atom is 0.0713 e. The van der Waals surface area contributed by atoms with Crippen LogP contribution in [0.15, 0.2) is 243 Å². The highest BCUT2D eigenvalue weighted by Crippen LogP contribution is 2.59. The minimum Gasteiger partial charge on any atom is -0.309 e. The van der Waals surface area contributed by atoms with Crippen LogP contribution in [0.5, 0.6) is 0 Å². The van der Waals surface area contributed by atoms with Crippen LogP contribution in [0.4, 0.5) is 17.1 Å². The zero-order chi connectivity index (χ0) is 43.3. The highest BCUT2D eigenvalue weighted by atomic mass is 15.1. The third kappa shape index (κ3) is 6.39. The van der Waals surface area contributed by atoms with Crippen LogP contribution in [0, 0.1) is 0 Å². The molecule has 0 unspecified atom stereocenters. The van der Waals surface area contributed by atoms with Gasteiger partial charge >= 0.3 is 0 Å². The highest BCUT2D eigenvalue weighted by Gasteiger charge is 2.47. The fourth-order valence-electron chi connectivity index (χ4n) is 10.5. The average Bonchev–Trinajstić information content (AvgIpc) is 3.66. The molecule has 0 amide bonds. The Hall–Kier alpha value is -7.74. The summed E-state index contributed by atoms with van der Waals surface area (Å²) < 4.78 is 0. The molecule has 306 valence electrons. The van der Waals surface area contributed by atoms with Gasteiger partial charge < -0.3 is 4.90 Å². The van der Waals surface area contributed by atoms with Gasteiger partial charge in [0.15, 0.2) is 0 Å². The lowest BCUT2D eigenvalue weighted by Gasteiger charge is -2.34. The van der Waals surface area contributed by atoms with Crippen LogP contribution in [0.25, 0.3) is 55.3 Å². The van der Waals surface area contributed by atoms with Crippen molar-refractivity contribution in [3.8, 4) is 44.5 Å². The van der Waals surface area contributed by atoms with E-state index in [9.17, 15) is 0 Å². The number of rotatable bonds is 8. The summed E-state index contributed by atoms with van der Waals surface area (Å²) in [5.41, 5.74) is 19.0. The topological polar surface area (TPSA) is 3.24 Å². The normalized spacial score (nSPS) is 12.7. The van der Waals surface area contributed by atoms with E-state index in [4.69, 9.17) is 0 Å². The summed E-state index contributed by atoms with van der Waals surface area (Å²) in [6.45, 7) is 6.86. The van der Waals surface area contributed by atoms with Crippen LogP contribution in [-0.2, 0) is 10.8 Å². The highest BCUT2D eigenvalue weighted by molar-refractivity contribution is 6.09. The maximum atomic E-state index is 2.50. The quantitative estimate of drug-likeness (QED) is 0.148. The second-order valence-electron chi connectivity index (χ2n) is 18.0. The average molecular weight is 820 g/mol. The first-order valence-corrected chi connectivity index (χ1v) is 22.4. The molecular weight excluding hydrogens is 771 g/mol. The molecular formula is C63H49N. The van der Waals surface area contributed by atoms with E-state index in [-0.39, 0.29) is 5.41 Å². The number of benzene rings is 10. The molecule has 64 heavy (non-hydrogen) atoms. The Morgan fingerprint density at radius 1 is 0.344 bits per heavy atom. The van der Waals surface area contributed by atoms with Crippen molar-refractivity contribution in [2.75, 3.05) is 4.90 Å². The van der Waals surface area contributed by atoms with E-state index in [2.05, 4.69) is 268 Å². The predicted octanol–water partition coefficient (Wildman–Crippen LogP) is 17.0. The summed E-state index contributed by atoms with van der Waals surface area (Å²) in [6, 6.07) is 89.7. The minimum absolute atomic E-state index is 0.0119. The van der Waals surface area contributed by atoms with Crippen LogP contribution in [0.1, 0.15) is 48.6 Å². The molecule has 0 saturated heterocycles. The van der Waals surface area contributed by atoms with Crippen LogP contribution < -0.4 is 4.90 Å². The fraction of sp³-hybridized carbons (Fsp3) is 0.0794. The van der Waals surface area contributed by atoms with Crippen molar-refractivity contribution in [3.63, 3.8) is 0 Å². The fourth-order valence-corrected chi connectivity index (χ4v) is 10.5. The number of fused-ring (bicyclic) bond motifs is 4. The van der Waals surface area contributed by atoms with Gasteiger partial charge in [-0.2, -0.15) is 0 Å². The Balaban J connectivity index is 1.19. The lowest BCUT2D eigenvalue weighted by molar-refractivity contribution is 0.590. The summed E-state index contributed by atoms with van der Waals surface area (Å²) >= 11 is 0. The molecule has 0 bridgehead atoms. The van der Waals surface area contributed by atoms with Crippen molar-refractivity contribution in [1.29, 1.82) is 0 Å². The van der Waals surface area contributed by atoms with Gasteiger partial charge in [0.05, 0.1) is 16.8 Å². The van der Waals surface area contributed by atoms with Crippen LogP contribution in [0.2, 0.25) is 0 Å². The number of hydrogen-bond donors (Lipinski definition) is 0. The van der Waals surface area contributed by atoms with Gasteiger partial charge in [0, 0.05) is 16.8 Å². The Labute approximate surface area is 377 Å². The molecule has 0 atom stereocenters. The van der Waals surface area contributed by atoms with E-state index in [0.717, 1.165) is 17.1 Å². The molecule has 1 heteroatoms. The second kappa shape index (κ2) is 15.9. The summed E-state index contributed by atoms with van der Waals surface area (Å²) in [7, 11) is 0. The van der Waals surface area contributed by atoms with Gasteiger partial charge in [-0.3, -0.25) is 0 Å². The summed E-state index contributed by atoms with van der Waals surface area (Å²) in [6.07, 6.45) is 0. The standard InChI is InChI=1S/C63H49N/c1-62(2,3)46-40-42-49(43-41-46)64(58-38-17-14-30-51(58)53-34-20-25-45-24-19-33-50(60(45)53)44-22-7-4-8-23-44)59-39-18-15-31-52(59)54-35-21-37-57-61(54)55-32-13-16-36-56(55)63(57,47-26-9-5-10-27-47)48-28-11-6-12-29-48/h4-43H,1-3H3. The third-order valence-electron chi connectivity index (χ3n) is 13.3. The zero-order valence-corrected chi connectivity index (χ0v) is 36.5. The van der Waals surface area contributed by atoms with Crippen LogP contribution in [0.3, 0.4) is 0 Å². The van der Waals surface area contributed by atoms with Gasteiger partial charge in [-0.25, -0.2) is 0 Å². The molecule has 0 fully saturated rings. The molecule has 10 aromatic rings. The molecule has 0 aromatic heterocycles. The first-order valence-electron chi connectivity index (χ1n) is 22.4. The molecule has 1 aliphatic rings. The lowest BCUT2D eigenvalue weighted by Crippen LogP contribution is -2.28. The van der Waals surface area contributed by atoms with Crippen molar-refractivity contribution in [2.24, 2.45) is 0 Å². The van der Waals surface area contributed by atoms with Gasteiger partial charge in [0.25, 0.3) is 0 Å². The Morgan fingerprint density at radius 2 is 0.797 bits per heavy atom. The van der Waals surface area contributed by atoms with Gasteiger partial charge in [-0.1, -0.05) is 239 Å². The van der Waals surface area contributed by atoms with Gasteiger partial charge in [0.1, 0.15) is 0 Å². The molecule has 1 aliphatic carbocycles. The Morgan fingerprint density at radius 3 is 1.41 bits per heavy atom. The zero-order valence-electron chi connectivity index (χ0n) is 36.5. The second-order valence-corrected chi connectivity index (χ2v) is 18.0. The van der Waals surface area contributed by atoms with E-state index in [1.165, 1.54) is 83.1 Å². The molecule has 1 nitrogen and oxygen atoms in total. The van der Waals surface area contributed by atoms with Crippen molar-refractivity contribution < 1.29 is 0 Å². The van der Waals surface area contributed by atoms with E-state index < -0.39 is 5.41 Å². The number of nitrogens with zero attached hydrogens (tertiary/aromatic N) is 1. The smallest absolute Gasteiger partial charge is 0.0713 e. The summed E-state index contributed by atoms with van der Waals surface area (Å²) in [5.74, 6) is 0. The third-order valence-corrected chi connectivity index (χ3v) is 13.3. The Bertz CT molecular complexity index is 3240. The van der Waals surface area contributed by atoms with Gasteiger partial charge in [-0.05, 0) is 102 Å². The minimum atomic E-state index is -0.501. The van der Waals surface area contributed by atoms with E-state index in [1.807, 2.05) is 0 Å². The van der Waals surface area contributed by atoms with Crippen LogP contribution >= 0.6 is 0 Å². The van der Waals surface area contributed by atoms with E-state index >= 15 is 0 Å². The molecule has 0 radical (unpaired) electrons. The van der Waals surface area contributed by atoms with Gasteiger partial charge in [0.2, 0.25) is 0 Å². The molecule has 0 N–H and O–H groups in total. The van der Waals surface area contributed by atoms with Crippen molar-refractivity contribution in [1.82, 2.24) is 0 Å². The van der Waals surface area contributed by atoms with E-state index in [0.29, 0.717) is 0 Å². The number of anilines is 3. The van der Waals surface area contributed by atoms with E-state index in [1.54, 1.807) is 0 Å². The Kier molecular flexibility index (Phi) is 9.70. The number of para-hydroxylation sites is 2. The first-order chi connectivity index (χ1) is 31.4. The maximum absolute atomic E-state index is 2.50. The molecule has 0 aliphatic heterocycles. The molecule has 11 rings (SSSR count). The van der Waals surface area contributed by atoms with Crippen molar-refractivity contribution in [2.45, 2.75) is 31.6 Å². The summed E-state index contributed by atoms with van der Waals surface area (Å²) in [4.78, 5) is 2.50. The predicted molar refractivity (Wildman–Crippen MR) is 271 cm³/mol. The largest absolute Gasteiger partial charge is 0.309 e. The lowest BCUT2D eigenvalue weighted by atomic mass is 9.67. The SMILES string of the molecule is CC(C)(C)c1ccc(N(c2ccccc2-c2cccc3c2-c2ccccc2C3(c2ccccc2)c2ccccc2)c2ccccc2-c2cccc3cccc(-c4ccccc4)c23)cc1. The van der Waals surface area contributed by atoms with Crippen molar-refractivity contribution >= 4 is 27.8 Å². The monoisotopic (exact) mass is 819 g/mol. The molecule has 0 saturated carbocycles. The first kappa shape index (κ1) is 39.1. The molecule has 0 heterocycles. The summed E-state index contributed by atoms with van der Waals surface area (Å²) in [5, 5.41) is 2.46. The van der Waals surface area contributed by atoms with Crippen LogP contribution in [-0.4, -0.2) is 0 Å². The van der Waals surface area contributed by atoms with Crippen molar-refractivity contribution in [3.05, 3.63) is 270 Å².